The molecule has 1 saturated heterocycles. The van der Waals surface area contributed by atoms with Crippen molar-refractivity contribution in [3.8, 4) is 11.5 Å². The van der Waals surface area contributed by atoms with Gasteiger partial charge in [-0.25, -0.2) is 0 Å². The molecule has 134 valence electrons. The van der Waals surface area contributed by atoms with Crippen molar-refractivity contribution in [2.45, 2.75) is 31.3 Å². The summed E-state index contributed by atoms with van der Waals surface area (Å²) in [5.41, 5.74) is 2.54. The molecular formula is C21H27NO3. The van der Waals surface area contributed by atoms with Gasteiger partial charge in [0.25, 0.3) is 0 Å². The van der Waals surface area contributed by atoms with Crippen LogP contribution in [-0.4, -0.2) is 33.5 Å². The molecule has 4 nitrogen and oxygen atoms in total. The van der Waals surface area contributed by atoms with Gasteiger partial charge in [-0.2, -0.15) is 0 Å². The zero-order valence-electron chi connectivity index (χ0n) is 15.0. The Bertz CT molecular complexity index is 653. The topological polar surface area (TPSA) is 39.7 Å². The van der Waals surface area contributed by atoms with E-state index in [1.54, 1.807) is 14.2 Å². The van der Waals surface area contributed by atoms with E-state index in [1.807, 2.05) is 6.07 Å². The van der Waals surface area contributed by atoms with Gasteiger partial charge in [-0.3, -0.25) is 0 Å². The second-order valence-corrected chi connectivity index (χ2v) is 6.41. The van der Waals surface area contributed by atoms with Crippen molar-refractivity contribution in [3.05, 3.63) is 59.7 Å². The van der Waals surface area contributed by atoms with Gasteiger partial charge in [-0.15, -0.1) is 0 Å². The van der Waals surface area contributed by atoms with Crippen LogP contribution in [0.3, 0.4) is 0 Å². The largest absolute Gasteiger partial charge is 0.493 e. The maximum absolute atomic E-state index is 5.49. The SMILES string of the molecule is COc1ccc(C[C@@H](NC2CCOCC2)c2ccccc2)cc1OC. The van der Waals surface area contributed by atoms with Crippen LogP contribution in [0.15, 0.2) is 48.5 Å². The predicted octanol–water partition coefficient (Wildman–Crippen LogP) is 3.76. The monoisotopic (exact) mass is 341 g/mol. The van der Waals surface area contributed by atoms with E-state index in [0.29, 0.717) is 6.04 Å². The summed E-state index contributed by atoms with van der Waals surface area (Å²) in [6, 6.07) is 17.6. The fraction of sp³-hybridized carbons (Fsp3) is 0.429. The Balaban J connectivity index is 1.79. The third-order valence-corrected chi connectivity index (χ3v) is 4.75. The molecule has 1 heterocycles. The smallest absolute Gasteiger partial charge is 0.160 e. The first kappa shape index (κ1) is 17.8. The van der Waals surface area contributed by atoms with Crippen molar-refractivity contribution in [1.82, 2.24) is 5.32 Å². The molecule has 2 aromatic rings. The average Bonchev–Trinajstić information content (AvgIpc) is 2.69. The van der Waals surface area contributed by atoms with E-state index in [4.69, 9.17) is 14.2 Å². The number of nitrogens with one attached hydrogen (secondary N) is 1. The molecule has 1 N–H and O–H groups in total. The first-order valence-electron chi connectivity index (χ1n) is 8.90. The Labute approximate surface area is 150 Å². The fourth-order valence-corrected chi connectivity index (χ4v) is 3.35. The first-order valence-corrected chi connectivity index (χ1v) is 8.90. The molecule has 0 bridgehead atoms. The van der Waals surface area contributed by atoms with Crippen molar-refractivity contribution < 1.29 is 14.2 Å². The minimum Gasteiger partial charge on any atom is -0.493 e. The molecule has 0 unspecified atom stereocenters. The quantitative estimate of drug-likeness (QED) is 0.832. The zero-order chi connectivity index (χ0) is 17.5. The molecule has 0 amide bonds. The lowest BCUT2D eigenvalue weighted by Crippen LogP contribution is -2.38. The Hall–Kier alpha value is -2.04. The molecule has 0 saturated carbocycles. The summed E-state index contributed by atoms with van der Waals surface area (Å²) >= 11 is 0. The third kappa shape index (κ3) is 4.74. The molecular weight excluding hydrogens is 314 g/mol. The van der Waals surface area contributed by atoms with Crippen LogP contribution >= 0.6 is 0 Å². The van der Waals surface area contributed by atoms with Crippen LogP contribution in [0, 0.1) is 0 Å². The Kier molecular flexibility index (Phi) is 6.31. The van der Waals surface area contributed by atoms with Crippen molar-refractivity contribution in [2.75, 3.05) is 27.4 Å². The zero-order valence-corrected chi connectivity index (χ0v) is 15.0. The summed E-state index contributed by atoms with van der Waals surface area (Å²) in [5.74, 6) is 1.54. The van der Waals surface area contributed by atoms with Crippen molar-refractivity contribution in [3.63, 3.8) is 0 Å². The summed E-state index contributed by atoms with van der Waals surface area (Å²) in [6.45, 7) is 1.69. The minimum absolute atomic E-state index is 0.266. The van der Waals surface area contributed by atoms with E-state index in [2.05, 4.69) is 47.8 Å². The molecule has 1 fully saturated rings. The molecule has 25 heavy (non-hydrogen) atoms. The van der Waals surface area contributed by atoms with Gasteiger partial charge in [0.2, 0.25) is 0 Å². The molecule has 1 atom stereocenters. The van der Waals surface area contributed by atoms with E-state index in [0.717, 1.165) is 44.0 Å². The van der Waals surface area contributed by atoms with Crippen LogP contribution in [0.5, 0.6) is 11.5 Å². The fourth-order valence-electron chi connectivity index (χ4n) is 3.35. The molecule has 0 aromatic heterocycles. The maximum atomic E-state index is 5.49. The van der Waals surface area contributed by atoms with Gasteiger partial charge in [0.05, 0.1) is 14.2 Å². The lowest BCUT2D eigenvalue weighted by atomic mass is 9.96. The van der Waals surface area contributed by atoms with E-state index >= 15 is 0 Å². The third-order valence-electron chi connectivity index (χ3n) is 4.75. The predicted molar refractivity (Wildman–Crippen MR) is 99.4 cm³/mol. The highest BCUT2D eigenvalue weighted by Gasteiger charge is 2.20. The lowest BCUT2D eigenvalue weighted by molar-refractivity contribution is 0.0748. The first-order chi connectivity index (χ1) is 12.3. The number of hydrogen-bond donors (Lipinski definition) is 1. The molecule has 0 radical (unpaired) electrons. The number of ether oxygens (including phenoxy) is 3. The van der Waals surface area contributed by atoms with E-state index in [1.165, 1.54) is 11.1 Å². The second-order valence-electron chi connectivity index (χ2n) is 6.41. The van der Waals surface area contributed by atoms with Crippen molar-refractivity contribution in [2.24, 2.45) is 0 Å². The van der Waals surface area contributed by atoms with Crippen LogP contribution in [0.4, 0.5) is 0 Å². The van der Waals surface area contributed by atoms with Crippen molar-refractivity contribution in [1.29, 1.82) is 0 Å². The summed E-state index contributed by atoms with van der Waals surface area (Å²) in [4.78, 5) is 0. The van der Waals surface area contributed by atoms with Crippen LogP contribution in [-0.2, 0) is 11.2 Å². The van der Waals surface area contributed by atoms with Gasteiger partial charge in [-0.05, 0) is 42.5 Å². The van der Waals surface area contributed by atoms with Gasteiger partial charge in [0, 0.05) is 25.3 Å². The van der Waals surface area contributed by atoms with E-state index in [-0.39, 0.29) is 6.04 Å². The van der Waals surface area contributed by atoms with Gasteiger partial charge >= 0.3 is 0 Å². The van der Waals surface area contributed by atoms with Crippen LogP contribution in [0.25, 0.3) is 0 Å². The summed E-state index contributed by atoms with van der Waals surface area (Å²) in [5, 5.41) is 3.83. The van der Waals surface area contributed by atoms with E-state index < -0.39 is 0 Å². The Morgan fingerprint density at radius 3 is 2.40 bits per heavy atom. The number of rotatable bonds is 7. The normalized spacial score (nSPS) is 16.4. The molecule has 1 aliphatic heterocycles. The van der Waals surface area contributed by atoms with E-state index in [9.17, 15) is 0 Å². The highest BCUT2D eigenvalue weighted by atomic mass is 16.5. The summed E-state index contributed by atoms with van der Waals surface area (Å²) in [6.07, 6.45) is 3.03. The van der Waals surface area contributed by atoms with Gasteiger partial charge in [0.1, 0.15) is 0 Å². The molecule has 4 heteroatoms. The second kappa shape index (κ2) is 8.88. The van der Waals surface area contributed by atoms with Crippen LogP contribution in [0.2, 0.25) is 0 Å². The maximum Gasteiger partial charge on any atom is 0.160 e. The molecule has 3 rings (SSSR count). The van der Waals surface area contributed by atoms with Gasteiger partial charge < -0.3 is 19.5 Å². The number of methoxy groups -OCH3 is 2. The minimum atomic E-state index is 0.266. The molecule has 0 spiro atoms. The van der Waals surface area contributed by atoms with Crippen LogP contribution < -0.4 is 14.8 Å². The van der Waals surface area contributed by atoms with Gasteiger partial charge in [-0.1, -0.05) is 36.4 Å². The molecule has 2 aromatic carbocycles. The van der Waals surface area contributed by atoms with Gasteiger partial charge in [0.15, 0.2) is 11.5 Å². The Morgan fingerprint density at radius 2 is 1.72 bits per heavy atom. The lowest BCUT2D eigenvalue weighted by Gasteiger charge is -2.29. The highest BCUT2D eigenvalue weighted by Crippen LogP contribution is 2.30. The average molecular weight is 341 g/mol. The molecule has 1 aliphatic rings. The highest BCUT2D eigenvalue weighted by molar-refractivity contribution is 5.43. The van der Waals surface area contributed by atoms with Crippen molar-refractivity contribution >= 4 is 0 Å². The van der Waals surface area contributed by atoms with Crippen LogP contribution in [0.1, 0.15) is 30.0 Å². The number of benzene rings is 2. The molecule has 0 aliphatic carbocycles. The number of hydrogen-bond acceptors (Lipinski definition) is 4. The standard InChI is InChI=1S/C21H27NO3/c1-23-20-9-8-16(15-21(20)24-2)14-19(17-6-4-3-5-7-17)22-18-10-12-25-13-11-18/h3-9,15,18-19,22H,10-14H2,1-2H3/t19-/m1/s1. The summed E-state index contributed by atoms with van der Waals surface area (Å²) in [7, 11) is 3.34. The summed E-state index contributed by atoms with van der Waals surface area (Å²) < 4.78 is 16.3. The Morgan fingerprint density at radius 1 is 1.00 bits per heavy atom.